The van der Waals surface area contributed by atoms with Crippen LogP contribution in [0.15, 0.2) is 115 Å². The van der Waals surface area contributed by atoms with Gasteiger partial charge in [-0.05, 0) is 41.4 Å². The minimum absolute atomic E-state index is 0.0687. The minimum Gasteiger partial charge on any atom is -0.496 e. The molecule has 0 saturated heterocycles. The van der Waals surface area contributed by atoms with Gasteiger partial charge < -0.3 is 4.74 Å². The van der Waals surface area contributed by atoms with E-state index in [1.165, 1.54) is 15.9 Å². The van der Waals surface area contributed by atoms with E-state index in [1.807, 2.05) is 42.5 Å². The van der Waals surface area contributed by atoms with E-state index < -0.39 is 6.89 Å². The van der Waals surface area contributed by atoms with Gasteiger partial charge in [0.1, 0.15) is 5.75 Å². The number of carbonyl (C=O) groups excluding carboxylic acids is 1. The minimum atomic E-state index is -2.42. The lowest BCUT2D eigenvalue weighted by atomic mass is 10.0. The van der Waals surface area contributed by atoms with Crippen molar-refractivity contribution >= 4 is 33.9 Å². The summed E-state index contributed by atoms with van der Waals surface area (Å²) in [6.07, 6.45) is 1.59. The van der Waals surface area contributed by atoms with Gasteiger partial charge in [0.25, 0.3) is 0 Å². The fraction of sp³-hybridized carbons (Fsp3) is 0.133. The number of ketones is 1. The molecule has 3 heteroatoms. The maximum Gasteiger partial charge on any atom is 0.193 e. The Labute approximate surface area is 196 Å². The summed E-state index contributed by atoms with van der Waals surface area (Å²) < 4.78 is 5.60. The Bertz CT molecular complexity index is 1160. The SMILES string of the molecule is CCCC(C(=O)c1ccccc1OC)=P(c1ccccc1)(c1ccccc1)c1ccccc1. The van der Waals surface area contributed by atoms with Crippen molar-refractivity contribution in [2.24, 2.45) is 0 Å². The number of carbonyl (C=O) groups is 1. The molecule has 0 N–H and O–H groups in total. The Kier molecular flexibility index (Phi) is 7.27. The first kappa shape index (κ1) is 22.8. The standard InChI is InChI=1S/C30H29O2P/c1-3-15-29(30(31)27-22-13-14-23-28(27)32-2)33(24-16-7-4-8-17-24,25-18-9-5-10-19-25)26-20-11-6-12-21-26/h4-14,16-23H,3,15H2,1-2H3. The summed E-state index contributed by atoms with van der Waals surface area (Å²) in [6, 6.07) is 39.2. The van der Waals surface area contributed by atoms with Gasteiger partial charge in [-0.15, -0.1) is 0 Å². The largest absolute Gasteiger partial charge is 0.496 e. The monoisotopic (exact) mass is 452 g/mol. The Hall–Kier alpha value is -3.35. The number of ether oxygens (including phenoxy) is 1. The Morgan fingerprint density at radius 1 is 0.667 bits per heavy atom. The first-order chi connectivity index (χ1) is 16.2. The van der Waals surface area contributed by atoms with Crippen molar-refractivity contribution in [1.82, 2.24) is 0 Å². The van der Waals surface area contributed by atoms with Gasteiger partial charge in [0.05, 0.1) is 12.7 Å². The Morgan fingerprint density at radius 3 is 1.52 bits per heavy atom. The highest BCUT2D eigenvalue weighted by molar-refractivity contribution is 7.96. The summed E-state index contributed by atoms with van der Waals surface area (Å²) in [5.74, 6) is 0.683. The van der Waals surface area contributed by atoms with Crippen LogP contribution in [0.3, 0.4) is 0 Å². The third kappa shape index (κ3) is 4.32. The lowest BCUT2D eigenvalue weighted by Gasteiger charge is -2.32. The molecule has 0 aliphatic heterocycles. The van der Waals surface area contributed by atoms with Gasteiger partial charge in [0, 0.05) is 5.29 Å². The fourth-order valence-electron chi connectivity index (χ4n) is 4.53. The average Bonchev–Trinajstić information content (AvgIpc) is 2.90. The van der Waals surface area contributed by atoms with E-state index in [-0.39, 0.29) is 5.78 Å². The maximum absolute atomic E-state index is 14.4. The molecule has 33 heavy (non-hydrogen) atoms. The van der Waals surface area contributed by atoms with Crippen LogP contribution in [-0.4, -0.2) is 18.2 Å². The number of para-hydroxylation sites is 1. The maximum atomic E-state index is 14.4. The molecule has 0 heterocycles. The molecule has 0 saturated carbocycles. The van der Waals surface area contributed by atoms with E-state index >= 15 is 0 Å². The van der Waals surface area contributed by atoms with Crippen molar-refractivity contribution in [1.29, 1.82) is 0 Å². The zero-order chi connectivity index (χ0) is 23.1. The van der Waals surface area contributed by atoms with Crippen LogP contribution in [0.1, 0.15) is 30.1 Å². The molecule has 0 bridgehead atoms. The molecule has 0 unspecified atom stereocenters. The summed E-state index contributed by atoms with van der Waals surface area (Å²) in [5.41, 5.74) is 0.621. The number of methoxy groups -OCH3 is 1. The second-order valence-electron chi connectivity index (χ2n) is 7.90. The van der Waals surface area contributed by atoms with Crippen molar-refractivity contribution < 1.29 is 9.53 Å². The summed E-state index contributed by atoms with van der Waals surface area (Å²) in [5, 5.41) is 4.52. The van der Waals surface area contributed by atoms with Gasteiger partial charge in [-0.2, -0.15) is 0 Å². The van der Waals surface area contributed by atoms with Gasteiger partial charge in [-0.3, -0.25) is 4.79 Å². The first-order valence-corrected chi connectivity index (χ1v) is 13.1. The van der Waals surface area contributed by atoms with Crippen molar-refractivity contribution in [3.05, 3.63) is 121 Å². The number of rotatable bonds is 8. The van der Waals surface area contributed by atoms with E-state index in [0.29, 0.717) is 17.7 Å². The predicted molar refractivity (Wildman–Crippen MR) is 142 cm³/mol. The van der Waals surface area contributed by atoms with Crippen LogP contribution in [-0.2, 0) is 0 Å². The van der Waals surface area contributed by atoms with Crippen LogP contribution in [0.2, 0.25) is 0 Å². The van der Waals surface area contributed by atoms with E-state index in [2.05, 4.69) is 79.7 Å². The molecule has 4 rings (SSSR count). The zero-order valence-corrected chi connectivity index (χ0v) is 20.0. The molecule has 4 aromatic rings. The number of benzene rings is 4. The Morgan fingerprint density at radius 2 is 1.09 bits per heavy atom. The lowest BCUT2D eigenvalue weighted by Crippen LogP contribution is -2.33. The first-order valence-electron chi connectivity index (χ1n) is 11.3. The summed E-state index contributed by atoms with van der Waals surface area (Å²) in [6.45, 7) is -0.276. The van der Waals surface area contributed by atoms with Gasteiger partial charge in [0.15, 0.2) is 5.78 Å². The van der Waals surface area contributed by atoms with Gasteiger partial charge in [0.2, 0.25) is 0 Å². The molecular weight excluding hydrogens is 423 g/mol. The smallest absolute Gasteiger partial charge is 0.193 e. The molecule has 0 fully saturated rings. The highest BCUT2D eigenvalue weighted by Gasteiger charge is 2.33. The number of hydrogen-bond donors (Lipinski definition) is 0. The molecule has 4 aromatic carbocycles. The molecule has 0 spiro atoms. The van der Waals surface area contributed by atoms with Crippen LogP contribution < -0.4 is 20.7 Å². The fourth-order valence-corrected chi connectivity index (χ4v) is 9.20. The lowest BCUT2D eigenvalue weighted by molar-refractivity contribution is 0.106. The van der Waals surface area contributed by atoms with Crippen LogP contribution >= 0.6 is 6.89 Å². The topological polar surface area (TPSA) is 26.3 Å². The summed E-state index contributed by atoms with van der Waals surface area (Å²) >= 11 is 0. The molecule has 166 valence electrons. The van der Waals surface area contributed by atoms with Crippen LogP contribution in [0, 0.1) is 0 Å². The van der Waals surface area contributed by atoms with E-state index in [1.54, 1.807) is 7.11 Å². The molecule has 0 aliphatic carbocycles. The zero-order valence-electron chi connectivity index (χ0n) is 19.1. The van der Waals surface area contributed by atoms with Crippen LogP contribution in [0.25, 0.3) is 0 Å². The van der Waals surface area contributed by atoms with Crippen molar-refractivity contribution in [2.45, 2.75) is 19.8 Å². The second-order valence-corrected chi connectivity index (χ2v) is 11.3. The second kappa shape index (κ2) is 10.5. The molecule has 0 atom stereocenters. The molecule has 0 amide bonds. The molecule has 0 radical (unpaired) electrons. The Balaban J connectivity index is 2.21. The van der Waals surface area contributed by atoms with E-state index in [4.69, 9.17) is 4.74 Å². The molecule has 2 nitrogen and oxygen atoms in total. The van der Waals surface area contributed by atoms with Gasteiger partial charge in [-0.1, -0.05) is 116 Å². The molecule has 0 aromatic heterocycles. The van der Waals surface area contributed by atoms with E-state index in [9.17, 15) is 4.79 Å². The molecular formula is C30H29O2P. The van der Waals surface area contributed by atoms with Crippen LogP contribution in [0.4, 0.5) is 0 Å². The summed E-state index contributed by atoms with van der Waals surface area (Å²) in [4.78, 5) is 14.4. The predicted octanol–water partition coefficient (Wildman–Crippen LogP) is 5.84. The van der Waals surface area contributed by atoms with Crippen molar-refractivity contribution in [2.75, 3.05) is 7.11 Å². The van der Waals surface area contributed by atoms with Crippen molar-refractivity contribution in [3.63, 3.8) is 0 Å². The van der Waals surface area contributed by atoms with Gasteiger partial charge >= 0.3 is 0 Å². The highest BCUT2D eigenvalue weighted by Crippen LogP contribution is 2.48. The van der Waals surface area contributed by atoms with Gasteiger partial charge in [-0.25, -0.2) is 0 Å². The quantitative estimate of drug-likeness (QED) is 0.248. The third-order valence-corrected chi connectivity index (χ3v) is 10.4. The van der Waals surface area contributed by atoms with E-state index in [0.717, 1.165) is 11.7 Å². The highest BCUT2D eigenvalue weighted by atomic mass is 31.2. The average molecular weight is 453 g/mol. The number of Topliss-reactive ketones (excluding diaryl/α,β-unsaturated/α-hetero) is 1. The third-order valence-electron chi connectivity index (χ3n) is 5.94. The normalized spacial score (nSPS) is 11.1. The van der Waals surface area contributed by atoms with Crippen LogP contribution in [0.5, 0.6) is 5.75 Å². The summed E-state index contributed by atoms with van der Waals surface area (Å²) in [7, 11) is 1.62. The number of hydrogen-bond acceptors (Lipinski definition) is 2. The van der Waals surface area contributed by atoms with Crippen molar-refractivity contribution in [3.8, 4) is 5.75 Å². The molecule has 0 aliphatic rings.